The molecule has 2 N–H and O–H groups in total. The van der Waals surface area contributed by atoms with E-state index in [1.165, 1.54) is 0 Å². The van der Waals surface area contributed by atoms with Crippen molar-refractivity contribution >= 4 is 9.84 Å². The molecule has 0 aliphatic carbocycles. The quantitative estimate of drug-likeness (QED) is 0.584. The first-order valence-electron chi connectivity index (χ1n) is 4.41. The van der Waals surface area contributed by atoms with Crippen molar-refractivity contribution in [2.24, 2.45) is 5.90 Å². The fourth-order valence-electron chi connectivity index (χ4n) is 2.22. The Hall–Kier alpha value is -0.170. The maximum absolute atomic E-state index is 11.4. The molecule has 2 unspecified atom stereocenters. The van der Waals surface area contributed by atoms with Gasteiger partial charge >= 0.3 is 0 Å². The predicted octanol–water partition coefficient (Wildman–Crippen LogP) is -1.25. The normalized spacial score (nSPS) is 37.0. The second-order valence-corrected chi connectivity index (χ2v) is 6.03. The fourth-order valence-corrected chi connectivity index (χ4v) is 4.31. The van der Waals surface area contributed by atoms with Crippen molar-refractivity contribution in [2.75, 3.05) is 25.4 Å². The van der Waals surface area contributed by atoms with E-state index in [1.54, 1.807) is 0 Å². The van der Waals surface area contributed by atoms with Crippen LogP contribution in [0.5, 0.6) is 0 Å². The summed E-state index contributed by atoms with van der Waals surface area (Å²) < 4.78 is 22.7. The maximum atomic E-state index is 11.4. The van der Waals surface area contributed by atoms with Gasteiger partial charge < -0.3 is 4.84 Å². The van der Waals surface area contributed by atoms with Crippen molar-refractivity contribution in [2.45, 2.75) is 17.7 Å². The molecule has 5 nitrogen and oxygen atoms in total. The first kappa shape index (κ1) is 9.39. The van der Waals surface area contributed by atoms with Crippen molar-refractivity contribution < 1.29 is 13.3 Å². The van der Waals surface area contributed by atoms with E-state index >= 15 is 0 Å². The van der Waals surface area contributed by atoms with Crippen molar-refractivity contribution in [1.29, 1.82) is 0 Å². The smallest absolute Gasteiger partial charge is 0.156 e. The minimum atomic E-state index is -2.76. The van der Waals surface area contributed by atoms with Crippen LogP contribution in [0.1, 0.15) is 6.42 Å². The first-order valence-corrected chi connectivity index (χ1v) is 6.12. The van der Waals surface area contributed by atoms with Crippen LogP contribution in [0.15, 0.2) is 0 Å². The van der Waals surface area contributed by atoms with Crippen molar-refractivity contribution in [3.05, 3.63) is 0 Å². The van der Waals surface area contributed by atoms with E-state index in [0.717, 1.165) is 13.0 Å². The van der Waals surface area contributed by atoms with Crippen LogP contribution in [0.25, 0.3) is 0 Å². The SMILES string of the molecule is NOCCN1CC2CC1CS2(=O)=O. The number of likely N-dealkylation sites (tertiary alicyclic amines) is 1. The summed E-state index contributed by atoms with van der Waals surface area (Å²) in [5.74, 6) is 5.23. The molecule has 2 bridgehead atoms. The topological polar surface area (TPSA) is 72.6 Å². The molecule has 2 fully saturated rings. The molecule has 6 heteroatoms. The molecule has 0 amide bonds. The van der Waals surface area contributed by atoms with Crippen LogP contribution in [0.3, 0.4) is 0 Å². The van der Waals surface area contributed by atoms with Crippen LogP contribution in [0.4, 0.5) is 0 Å². The molecule has 0 aromatic rings. The zero-order chi connectivity index (χ0) is 9.47. The second-order valence-electron chi connectivity index (χ2n) is 3.71. The first-order chi connectivity index (χ1) is 6.13. The van der Waals surface area contributed by atoms with Crippen LogP contribution in [-0.2, 0) is 14.7 Å². The predicted molar refractivity (Wildman–Crippen MR) is 47.7 cm³/mol. The zero-order valence-electron chi connectivity index (χ0n) is 7.35. The van der Waals surface area contributed by atoms with Gasteiger partial charge in [-0.25, -0.2) is 14.3 Å². The fraction of sp³-hybridized carbons (Fsp3) is 1.00. The van der Waals surface area contributed by atoms with Gasteiger partial charge in [0.1, 0.15) is 0 Å². The van der Waals surface area contributed by atoms with Crippen LogP contribution < -0.4 is 5.90 Å². The third-order valence-electron chi connectivity index (χ3n) is 2.92. The lowest BCUT2D eigenvalue weighted by atomic mass is 10.2. The Kier molecular flexibility index (Phi) is 2.31. The van der Waals surface area contributed by atoms with Gasteiger partial charge in [0.2, 0.25) is 0 Å². The summed E-state index contributed by atoms with van der Waals surface area (Å²) in [6.07, 6.45) is 0.799. The van der Waals surface area contributed by atoms with E-state index in [9.17, 15) is 8.42 Å². The molecule has 2 aliphatic heterocycles. The largest absolute Gasteiger partial charge is 0.303 e. The second kappa shape index (κ2) is 3.20. The van der Waals surface area contributed by atoms with Crippen LogP contribution in [0, 0.1) is 0 Å². The Balaban J connectivity index is 1.96. The van der Waals surface area contributed by atoms with Crippen molar-refractivity contribution in [3.63, 3.8) is 0 Å². The summed E-state index contributed by atoms with van der Waals surface area (Å²) in [5.41, 5.74) is 0. The van der Waals surface area contributed by atoms with Crippen molar-refractivity contribution in [1.82, 2.24) is 4.90 Å². The Morgan fingerprint density at radius 2 is 2.31 bits per heavy atom. The maximum Gasteiger partial charge on any atom is 0.156 e. The summed E-state index contributed by atoms with van der Waals surface area (Å²) in [4.78, 5) is 6.62. The van der Waals surface area contributed by atoms with Crippen LogP contribution in [-0.4, -0.2) is 50.1 Å². The number of rotatable bonds is 3. The summed E-state index contributed by atoms with van der Waals surface area (Å²) in [6, 6.07) is 0.213. The van der Waals surface area contributed by atoms with Gasteiger partial charge in [0, 0.05) is 19.1 Å². The standard InChI is InChI=1S/C7H14N2O3S/c8-12-2-1-9-4-7-3-6(9)5-13(7,10)11/h6-7H,1-5,8H2. The van der Waals surface area contributed by atoms with E-state index in [4.69, 9.17) is 5.90 Å². The highest BCUT2D eigenvalue weighted by atomic mass is 32.2. The summed E-state index contributed by atoms with van der Waals surface area (Å²) in [7, 11) is -2.76. The summed E-state index contributed by atoms with van der Waals surface area (Å²) in [5, 5.41) is -0.129. The van der Waals surface area contributed by atoms with Crippen LogP contribution >= 0.6 is 0 Å². The van der Waals surface area contributed by atoms with Gasteiger partial charge in [-0.2, -0.15) is 0 Å². The van der Waals surface area contributed by atoms with Crippen molar-refractivity contribution in [3.8, 4) is 0 Å². The number of fused-ring (bicyclic) bond motifs is 2. The van der Waals surface area contributed by atoms with E-state index in [2.05, 4.69) is 9.74 Å². The third-order valence-corrected chi connectivity index (χ3v) is 5.13. The molecule has 2 saturated heterocycles. The monoisotopic (exact) mass is 206 g/mol. The van der Waals surface area contributed by atoms with E-state index in [1.807, 2.05) is 0 Å². The Morgan fingerprint density at radius 3 is 2.77 bits per heavy atom. The molecule has 2 rings (SSSR count). The van der Waals surface area contributed by atoms with Gasteiger partial charge in [-0.1, -0.05) is 0 Å². The lowest BCUT2D eigenvalue weighted by Gasteiger charge is -2.25. The van der Waals surface area contributed by atoms with Gasteiger partial charge in [-0.05, 0) is 6.42 Å². The Labute approximate surface area is 77.7 Å². The molecule has 0 aromatic carbocycles. The van der Waals surface area contributed by atoms with Gasteiger partial charge in [-0.3, -0.25) is 4.90 Å². The molecular weight excluding hydrogens is 192 g/mol. The van der Waals surface area contributed by atoms with Crippen LogP contribution in [0.2, 0.25) is 0 Å². The van der Waals surface area contributed by atoms with Gasteiger partial charge in [0.15, 0.2) is 9.84 Å². The minimum Gasteiger partial charge on any atom is -0.303 e. The third kappa shape index (κ3) is 1.59. The number of hydrogen-bond acceptors (Lipinski definition) is 5. The molecule has 0 radical (unpaired) electrons. The highest BCUT2D eigenvalue weighted by Gasteiger charge is 2.47. The molecule has 0 saturated carbocycles. The van der Waals surface area contributed by atoms with E-state index in [0.29, 0.717) is 18.9 Å². The van der Waals surface area contributed by atoms with E-state index < -0.39 is 9.84 Å². The molecule has 2 aliphatic rings. The molecule has 0 spiro atoms. The molecule has 2 heterocycles. The number of nitrogens with two attached hydrogens (primary N) is 1. The Bertz CT molecular complexity index is 290. The minimum absolute atomic E-state index is 0.129. The summed E-state index contributed by atoms with van der Waals surface area (Å²) >= 11 is 0. The lowest BCUT2D eigenvalue weighted by molar-refractivity contribution is 0.103. The average molecular weight is 206 g/mol. The Morgan fingerprint density at radius 1 is 1.54 bits per heavy atom. The zero-order valence-corrected chi connectivity index (χ0v) is 8.16. The summed E-state index contributed by atoms with van der Waals surface area (Å²) in [6.45, 7) is 1.88. The van der Waals surface area contributed by atoms with E-state index in [-0.39, 0.29) is 11.3 Å². The number of sulfone groups is 1. The average Bonchev–Trinajstić information content (AvgIpc) is 2.55. The molecule has 0 aromatic heterocycles. The molecular formula is C7H14N2O3S. The molecule has 2 atom stereocenters. The van der Waals surface area contributed by atoms with Gasteiger partial charge in [0.05, 0.1) is 17.6 Å². The number of nitrogens with zero attached hydrogens (tertiary/aromatic N) is 1. The van der Waals surface area contributed by atoms with Gasteiger partial charge in [-0.15, -0.1) is 0 Å². The molecule has 13 heavy (non-hydrogen) atoms. The lowest BCUT2D eigenvalue weighted by Crippen LogP contribution is -2.42. The van der Waals surface area contributed by atoms with Gasteiger partial charge in [0.25, 0.3) is 0 Å². The highest BCUT2D eigenvalue weighted by Crippen LogP contribution is 2.32. The highest BCUT2D eigenvalue weighted by molar-refractivity contribution is 7.92. The number of hydrogen-bond donors (Lipinski definition) is 1. The molecule has 76 valence electrons.